The Balaban J connectivity index is 2.06. The van der Waals surface area contributed by atoms with Gasteiger partial charge in [-0.2, -0.15) is 8.61 Å². The highest BCUT2D eigenvalue weighted by Crippen LogP contribution is 2.35. The van der Waals surface area contributed by atoms with Gasteiger partial charge in [0.25, 0.3) is 0 Å². The van der Waals surface area contributed by atoms with Crippen LogP contribution in [0.5, 0.6) is 11.5 Å². The lowest BCUT2D eigenvalue weighted by Crippen LogP contribution is -2.50. The number of ether oxygens (including phenoxy) is 2. The highest BCUT2D eigenvalue weighted by molar-refractivity contribution is 7.89. The normalized spacial score (nSPS) is 20.2. The molecule has 9 nitrogen and oxygen atoms in total. The minimum atomic E-state index is -4.02. The van der Waals surface area contributed by atoms with Crippen LogP contribution in [0.2, 0.25) is 0 Å². The molecule has 1 N–H and O–H groups in total. The van der Waals surface area contributed by atoms with Crippen molar-refractivity contribution in [2.75, 3.05) is 33.9 Å². The fourth-order valence-corrected chi connectivity index (χ4v) is 7.39. The Morgan fingerprint density at radius 3 is 2.54 bits per heavy atom. The Bertz CT molecular complexity index is 1430. The molecule has 3 rings (SSSR count). The van der Waals surface area contributed by atoms with Crippen molar-refractivity contribution in [2.45, 2.75) is 56.1 Å². The van der Waals surface area contributed by atoms with Crippen molar-refractivity contribution in [1.29, 1.82) is 0 Å². The summed E-state index contributed by atoms with van der Waals surface area (Å²) in [6.07, 6.45) is -0.0236. The highest BCUT2D eigenvalue weighted by atomic mass is 32.2. The second-order valence-electron chi connectivity index (χ2n) is 10.2. The molecule has 0 bridgehead atoms. The van der Waals surface area contributed by atoms with Crippen molar-refractivity contribution in [1.82, 2.24) is 8.61 Å². The molecular weight excluding hydrogens is 540 g/mol. The topological polar surface area (TPSA) is 113 Å². The number of para-hydroxylation sites is 1. The largest absolute Gasteiger partial charge is 0.495 e. The summed E-state index contributed by atoms with van der Waals surface area (Å²) in [7, 11) is -5.11. The van der Waals surface area contributed by atoms with Crippen molar-refractivity contribution >= 4 is 20.0 Å². The molecule has 0 saturated carbocycles. The van der Waals surface area contributed by atoms with Crippen molar-refractivity contribution in [3.63, 3.8) is 0 Å². The zero-order valence-electron chi connectivity index (χ0n) is 23.3. The number of likely N-dealkylation sites (N-methyl/N-ethyl adjacent to an activating group) is 1. The Labute approximate surface area is 232 Å². The van der Waals surface area contributed by atoms with E-state index >= 15 is 0 Å². The zero-order valence-corrected chi connectivity index (χ0v) is 24.9. The lowest BCUT2D eigenvalue weighted by molar-refractivity contribution is 0.0904. The summed E-state index contributed by atoms with van der Waals surface area (Å²) in [5.74, 6) is 6.44. The summed E-state index contributed by atoms with van der Waals surface area (Å²) in [6, 6.07) is 10.3. The molecule has 3 atom stereocenters. The number of rotatable bonds is 8. The van der Waals surface area contributed by atoms with Gasteiger partial charge < -0.3 is 14.6 Å². The maximum atomic E-state index is 13.7. The van der Waals surface area contributed by atoms with Gasteiger partial charge in [0.05, 0.1) is 20.3 Å². The summed E-state index contributed by atoms with van der Waals surface area (Å²) in [5, 5.41) is 9.84. The molecule has 214 valence electrons. The van der Waals surface area contributed by atoms with E-state index in [0.717, 1.165) is 0 Å². The summed E-state index contributed by atoms with van der Waals surface area (Å²) in [5.41, 5.74) is 0.591. The third-order valence-electron chi connectivity index (χ3n) is 6.60. The van der Waals surface area contributed by atoms with Crippen LogP contribution in [-0.2, 0) is 20.0 Å². The summed E-state index contributed by atoms with van der Waals surface area (Å²) in [6.45, 7) is 7.17. The van der Waals surface area contributed by atoms with Crippen LogP contribution >= 0.6 is 0 Å². The van der Waals surface area contributed by atoms with Gasteiger partial charge in [0, 0.05) is 37.5 Å². The number of benzene rings is 2. The molecule has 0 unspecified atom stereocenters. The second kappa shape index (κ2) is 12.7. The standard InChI is InChI=1S/C28H38N2O7S2/c1-20(2)10-9-11-23-14-15-28-25(16-23)37-26(21(3)17-30(22(4)19-31)39(28,34)35)18-29(5)38(32,33)27-13-8-7-12-24(27)36-6/h7-8,12-16,20-22,26,31H,10,17-19H2,1-6H3/t21-,22+,26-/m1/s1. The number of methoxy groups -OCH3 is 1. The van der Waals surface area contributed by atoms with Gasteiger partial charge in [0.15, 0.2) is 0 Å². The van der Waals surface area contributed by atoms with Crippen LogP contribution in [-0.4, -0.2) is 76.6 Å². The molecule has 1 aliphatic heterocycles. The first kappa shape index (κ1) is 30.9. The van der Waals surface area contributed by atoms with Gasteiger partial charge in [0.1, 0.15) is 27.4 Å². The lowest BCUT2D eigenvalue weighted by Gasteiger charge is -2.37. The van der Waals surface area contributed by atoms with Crippen molar-refractivity contribution < 1.29 is 31.4 Å². The lowest BCUT2D eigenvalue weighted by atomic mass is 10.0. The average molecular weight is 579 g/mol. The third kappa shape index (κ3) is 6.94. The fourth-order valence-electron chi connectivity index (χ4n) is 4.23. The first-order valence-corrected chi connectivity index (χ1v) is 15.7. The zero-order chi connectivity index (χ0) is 29.0. The monoisotopic (exact) mass is 578 g/mol. The van der Waals surface area contributed by atoms with Crippen molar-refractivity contribution in [2.24, 2.45) is 11.8 Å². The van der Waals surface area contributed by atoms with Crippen molar-refractivity contribution in [3.8, 4) is 23.3 Å². The van der Waals surface area contributed by atoms with Gasteiger partial charge in [-0.25, -0.2) is 16.8 Å². The van der Waals surface area contributed by atoms with E-state index in [0.29, 0.717) is 17.9 Å². The Morgan fingerprint density at radius 1 is 1.21 bits per heavy atom. The summed E-state index contributed by atoms with van der Waals surface area (Å²) in [4.78, 5) is -0.0286. The Kier molecular flexibility index (Phi) is 10.1. The quantitative estimate of drug-likeness (QED) is 0.479. The molecule has 2 aromatic rings. The molecule has 2 aromatic carbocycles. The van der Waals surface area contributed by atoms with Gasteiger partial charge in [-0.05, 0) is 43.2 Å². The first-order chi connectivity index (χ1) is 18.3. The molecule has 0 radical (unpaired) electrons. The molecule has 11 heteroatoms. The van der Waals surface area contributed by atoms with Gasteiger partial charge in [-0.1, -0.05) is 44.7 Å². The minimum Gasteiger partial charge on any atom is -0.495 e. The van der Waals surface area contributed by atoms with E-state index in [9.17, 15) is 21.9 Å². The van der Waals surface area contributed by atoms with E-state index in [1.165, 1.54) is 34.9 Å². The van der Waals surface area contributed by atoms with Crippen LogP contribution in [0.4, 0.5) is 0 Å². The third-order valence-corrected chi connectivity index (χ3v) is 10.5. The molecule has 0 spiro atoms. The van der Waals surface area contributed by atoms with Crippen LogP contribution in [0.1, 0.15) is 39.7 Å². The smallest absolute Gasteiger partial charge is 0.247 e. The van der Waals surface area contributed by atoms with E-state index in [1.807, 2.05) is 0 Å². The van der Waals surface area contributed by atoms with E-state index in [4.69, 9.17) is 9.47 Å². The predicted molar refractivity (Wildman–Crippen MR) is 150 cm³/mol. The van der Waals surface area contributed by atoms with Gasteiger partial charge >= 0.3 is 0 Å². The Hall–Kier alpha value is -2.62. The molecule has 0 saturated heterocycles. The van der Waals surface area contributed by atoms with Crippen LogP contribution in [0, 0.1) is 23.7 Å². The Morgan fingerprint density at radius 2 is 1.90 bits per heavy atom. The number of fused-ring (bicyclic) bond motifs is 1. The molecule has 0 amide bonds. The SMILES string of the molecule is COc1ccccc1S(=O)(=O)N(C)C[C@H]1Oc2cc(C#CCC(C)C)ccc2S(=O)(=O)N([C@@H](C)CO)C[C@H]1C. The van der Waals surface area contributed by atoms with Crippen LogP contribution in [0.25, 0.3) is 0 Å². The summed E-state index contributed by atoms with van der Waals surface area (Å²) < 4.78 is 68.3. The average Bonchev–Trinajstić information content (AvgIpc) is 2.89. The van der Waals surface area contributed by atoms with Crippen molar-refractivity contribution in [3.05, 3.63) is 48.0 Å². The van der Waals surface area contributed by atoms with E-state index in [1.54, 1.807) is 44.2 Å². The van der Waals surface area contributed by atoms with Gasteiger partial charge in [-0.15, -0.1) is 0 Å². The second-order valence-corrected chi connectivity index (χ2v) is 14.1. The number of nitrogens with zero attached hydrogens (tertiary/aromatic N) is 2. The predicted octanol–water partition coefficient (Wildman–Crippen LogP) is 3.18. The van der Waals surface area contributed by atoms with Crippen LogP contribution < -0.4 is 9.47 Å². The highest BCUT2D eigenvalue weighted by Gasteiger charge is 2.39. The van der Waals surface area contributed by atoms with Gasteiger partial charge in [-0.3, -0.25) is 0 Å². The fraction of sp³-hybridized carbons (Fsp3) is 0.500. The van der Waals surface area contributed by atoms with Crippen LogP contribution in [0.15, 0.2) is 52.3 Å². The summed E-state index contributed by atoms with van der Waals surface area (Å²) >= 11 is 0. The molecular formula is C28H38N2O7S2. The first-order valence-electron chi connectivity index (χ1n) is 12.8. The number of sulfonamides is 2. The molecule has 0 fully saturated rings. The van der Waals surface area contributed by atoms with E-state index < -0.39 is 38.1 Å². The minimum absolute atomic E-state index is 0.0229. The number of hydrogen-bond donors (Lipinski definition) is 1. The number of aliphatic hydroxyl groups is 1. The molecule has 39 heavy (non-hydrogen) atoms. The maximum Gasteiger partial charge on any atom is 0.247 e. The van der Waals surface area contributed by atoms with Crippen LogP contribution in [0.3, 0.4) is 0 Å². The molecule has 1 heterocycles. The maximum absolute atomic E-state index is 13.7. The molecule has 0 aliphatic carbocycles. The number of hydrogen-bond acceptors (Lipinski definition) is 7. The molecule has 1 aliphatic rings. The van der Waals surface area contributed by atoms with E-state index in [2.05, 4.69) is 25.7 Å². The number of aliphatic hydroxyl groups excluding tert-OH is 1. The van der Waals surface area contributed by atoms with E-state index in [-0.39, 0.29) is 41.0 Å². The molecule has 0 aromatic heterocycles. The van der Waals surface area contributed by atoms with Gasteiger partial charge in [0.2, 0.25) is 20.0 Å².